The molecule has 1 saturated heterocycles. The number of piperidine rings is 1. The molecule has 30 heavy (non-hydrogen) atoms. The van der Waals surface area contributed by atoms with Gasteiger partial charge in [-0.25, -0.2) is 17.7 Å². The van der Waals surface area contributed by atoms with Crippen LogP contribution in [-0.4, -0.2) is 45.6 Å². The molecule has 1 saturated carbocycles. The van der Waals surface area contributed by atoms with Crippen LogP contribution >= 0.6 is 0 Å². The smallest absolute Gasteiger partial charge is 0.216 e. The normalized spacial score (nSPS) is 19.0. The number of pyridine rings is 1. The van der Waals surface area contributed by atoms with E-state index in [9.17, 15) is 8.42 Å². The van der Waals surface area contributed by atoms with Gasteiger partial charge in [-0.3, -0.25) is 4.98 Å². The van der Waals surface area contributed by atoms with Crippen LogP contribution in [0.1, 0.15) is 57.2 Å². The van der Waals surface area contributed by atoms with Crippen LogP contribution in [0.5, 0.6) is 0 Å². The summed E-state index contributed by atoms with van der Waals surface area (Å²) in [6, 6.07) is 12.7. The van der Waals surface area contributed by atoms with Crippen LogP contribution in [0.4, 0.5) is 0 Å². The third-order valence-corrected chi connectivity index (χ3v) is 8.76. The van der Waals surface area contributed by atoms with E-state index in [1.54, 1.807) is 4.31 Å². The van der Waals surface area contributed by atoms with Crippen molar-refractivity contribution in [2.45, 2.75) is 56.7 Å². The second kappa shape index (κ2) is 7.46. The molecule has 0 N–H and O–H groups in total. The summed E-state index contributed by atoms with van der Waals surface area (Å²) in [5, 5.41) is -0.131. The van der Waals surface area contributed by atoms with E-state index >= 15 is 0 Å². The number of rotatable bonds is 5. The molecule has 1 aliphatic heterocycles. The lowest BCUT2D eigenvalue weighted by atomic mass is 9.93. The number of hydrogen-bond donors (Lipinski definition) is 0. The van der Waals surface area contributed by atoms with Gasteiger partial charge in [0.15, 0.2) is 0 Å². The molecule has 158 valence electrons. The predicted molar refractivity (Wildman–Crippen MR) is 119 cm³/mol. The molecule has 5 rings (SSSR count). The Morgan fingerprint density at radius 1 is 1.03 bits per heavy atom. The van der Waals surface area contributed by atoms with E-state index < -0.39 is 10.0 Å². The van der Waals surface area contributed by atoms with E-state index in [2.05, 4.69) is 41.6 Å². The van der Waals surface area contributed by atoms with Crippen molar-refractivity contribution in [2.24, 2.45) is 0 Å². The van der Waals surface area contributed by atoms with Crippen molar-refractivity contribution >= 4 is 21.1 Å². The van der Waals surface area contributed by atoms with E-state index in [1.807, 2.05) is 24.5 Å². The maximum absolute atomic E-state index is 12.6. The van der Waals surface area contributed by atoms with Crippen LogP contribution < -0.4 is 0 Å². The number of benzene rings is 1. The third-order valence-electron chi connectivity index (χ3n) is 6.36. The Hall–Kier alpha value is -2.25. The molecule has 2 fully saturated rings. The van der Waals surface area contributed by atoms with Gasteiger partial charge in [-0.1, -0.05) is 30.3 Å². The SMILES string of the molecule is CC(C)n1cnc2c(-c3ccccc3)nc(C3CCN(S(=O)(=O)C4CC4)CC3)cc21. The van der Waals surface area contributed by atoms with Gasteiger partial charge in [-0.05, 0) is 45.6 Å². The van der Waals surface area contributed by atoms with Gasteiger partial charge in [0.25, 0.3) is 0 Å². The lowest BCUT2D eigenvalue weighted by molar-refractivity contribution is 0.316. The first-order valence-corrected chi connectivity index (χ1v) is 12.4. The lowest BCUT2D eigenvalue weighted by Crippen LogP contribution is -2.39. The minimum absolute atomic E-state index is 0.131. The fourth-order valence-corrected chi connectivity index (χ4v) is 6.32. The summed E-state index contributed by atoms with van der Waals surface area (Å²) in [5.41, 5.74) is 5.05. The van der Waals surface area contributed by atoms with Crippen molar-refractivity contribution < 1.29 is 8.42 Å². The van der Waals surface area contributed by atoms with Crippen LogP contribution in [0.25, 0.3) is 22.3 Å². The number of fused-ring (bicyclic) bond motifs is 1. The summed E-state index contributed by atoms with van der Waals surface area (Å²) in [5.74, 6) is 0.262. The third kappa shape index (κ3) is 3.44. The van der Waals surface area contributed by atoms with Crippen LogP contribution in [0.15, 0.2) is 42.7 Å². The molecule has 2 aromatic heterocycles. The zero-order valence-corrected chi connectivity index (χ0v) is 18.3. The summed E-state index contributed by atoms with van der Waals surface area (Å²) < 4.78 is 29.1. The van der Waals surface area contributed by atoms with E-state index in [1.165, 1.54) is 0 Å². The second-order valence-corrected chi connectivity index (χ2v) is 11.0. The Balaban J connectivity index is 1.51. The average molecular weight is 425 g/mol. The molecule has 3 heterocycles. The quantitative estimate of drug-likeness (QED) is 0.611. The Bertz CT molecular complexity index is 1160. The van der Waals surface area contributed by atoms with E-state index in [4.69, 9.17) is 4.98 Å². The standard InChI is InChI=1S/C23H28N4O2S/c1-16(2)27-15-24-23-21(27)14-20(25-22(23)18-6-4-3-5-7-18)17-10-12-26(13-11-17)30(28,29)19-8-9-19/h3-7,14-17,19H,8-13H2,1-2H3. The molecular weight excluding hydrogens is 396 g/mol. The number of hydrogen-bond acceptors (Lipinski definition) is 4. The van der Waals surface area contributed by atoms with Crippen molar-refractivity contribution in [3.05, 3.63) is 48.4 Å². The first-order chi connectivity index (χ1) is 14.4. The number of imidazole rings is 1. The van der Waals surface area contributed by atoms with Crippen LogP contribution in [0.3, 0.4) is 0 Å². The highest BCUT2D eigenvalue weighted by Gasteiger charge is 2.41. The molecular formula is C23H28N4O2S. The number of aromatic nitrogens is 3. The molecule has 2 aliphatic rings. The minimum atomic E-state index is -3.09. The van der Waals surface area contributed by atoms with Crippen LogP contribution in [0.2, 0.25) is 0 Å². The first-order valence-electron chi connectivity index (χ1n) is 10.9. The van der Waals surface area contributed by atoms with Gasteiger partial charge in [0, 0.05) is 36.3 Å². The highest BCUT2D eigenvalue weighted by Crippen LogP contribution is 2.37. The zero-order chi connectivity index (χ0) is 20.9. The lowest BCUT2D eigenvalue weighted by Gasteiger charge is -2.31. The molecule has 0 bridgehead atoms. The molecule has 0 unspecified atom stereocenters. The monoisotopic (exact) mass is 424 g/mol. The predicted octanol–water partition coefficient (Wildman–Crippen LogP) is 4.35. The molecule has 0 radical (unpaired) electrons. The molecule has 1 aliphatic carbocycles. The van der Waals surface area contributed by atoms with Crippen molar-refractivity contribution in [3.63, 3.8) is 0 Å². The molecule has 0 spiro atoms. The van der Waals surface area contributed by atoms with Gasteiger partial charge in [-0.15, -0.1) is 0 Å². The Morgan fingerprint density at radius 2 is 1.73 bits per heavy atom. The molecule has 1 aromatic carbocycles. The summed E-state index contributed by atoms with van der Waals surface area (Å²) in [4.78, 5) is 9.74. The van der Waals surface area contributed by atoms with Gasteiger partial charge in [0.1, 0.15) is 5.52 Å². The molecule has 7 heteroatoms. The van der Waals surface area contributed by atoms with Crippen molar-refractivity contribution in [2.75, 3.05) is 13.1 Å². The van der Waals surface area contributed by atoms with Crippen LogP contribution in [0, 0.1) is 0 Å². The van der Waals surface area contributed by atoms with Gasteiger partial charge < -0.3 is 4.57 Å². The summed E-state index contributed by atoms with van der Waals surface area (Å²) in [6.07, 6.45) is 5.17. The Morgan fingerprint density at radius 3 is 2.37 bits per heavy atom. The average Bonchev–Trinajstić information content (AvgIpc) is 3.54. The zero-order valence-electron chi connectivity index (χ0n) is 17.5. The van der Waals surface area contributed by atoms with Crippen LogP contribution in [-0.2, 0) is 10.0 Å². The topological polar surface area (TPSA) is 68.1 Å². The molecule has 3 aromatic rings. The van der Waals surface area contributed by atoms with Crippen molar-refractivity contribution in [1.82, 2.24) is 18.8 Å². The summed E-state index contributed by atoms with van der Waals surface area (Å²) in [6.45, 7) is 5.50. The molecule has 0 amide bonds. The largest absolute Gasteiger partial charge is 0.328 e. The maximum atomic E-state index is 12.6. The fourth-order valence-electron chi connectivity index (χ4n) is 4.45. The number of nitrogens with zero attached hydrogens (tertiary/aromatic N) is 4. The Labute approximate surface area is 178 Å². The van der Waals surface area contributed by atoms with Crippen molar-refractivity contribution in [1.29, 1.82) is 0 Å². The summed E-state index contributed by atoms with van der Waals surface area (Å²) >= 11 is 0. The second-order valence-electron chi connectivity index (χ2n) is 8.79. The van der Waals surface area contributed by atoms with E-state index in [-0.39, 0.29) is 11.2 Å². The first kappa shape index (κ1) is 19.7. The van der Waals surface area contributed by atoms with E-state index in [0.29, 0.717) is 19.1 Å². The minimum Gasteiger partial charge on any atom is -0.328 e. The van der Waals surface area contributed by atoms with Gasteiger partial charge in [0.2, 0.25) is 10.0 Å². The highest BCUT2D eigenvalue weighted by atomic mass is 32.2. The van der Waals surface area contributed by atoms with Gasteiger partial charge in [-0.2, -0.15) is 0 Å². The van der Waals surface area contributed by atoms with Gasteiger partial charge >= 0.3 is 0 Å². The summed E-state index contributed by atoms with van der Waals surface area (Å²) in [7, 11) is -3.09. The molecule has 0 atom stereocenters. The fraction of sp³-hybridized carbons (Fsp3) is 0.478. The highest BCUT2D eigenvalue weighted by molar-refractivity contribution is 7.90. The van der Waals surface area contributed by atoms with E-state index in [0.717, 1.165) is 53.7 Å². The van der Waals surface area contributed by atoms with Gasteiger partial charge in [0.05, 0.1) is 22.8 Å². The Kier molecular flexibility index (Phi) is 4.90. The van der Waals surface area contributed by atoms with Crippen molar-refractivity contribution in [3.8, 4) is 11.3 Å². The maximum Gasteiger partial charge on any atom is 0.216 e. The molecule has 6 nitrogen and oxygen atoms in total. The number of sulfonamides is 1.